The quantitative estimate of drug-likeness (QED) is 0.375. The number of rotatable bonds is 0. The molecule has 0 aromatic rings. The number of hydrogen-bond donors (Lipinski definition) is 0. The maximum atomic E-state index is 9.07. The van der Waals surface area contributed by atoms with Crippen molar-refractivity contribution in [3.8, 4) is 0 Å². The molecule has 0 bridgehead atoms. The summed E-state index contributed by atoms with van der Waals surface area (Å²) in [7, 11) is -4.76. The van der Waals surface area contributed by atoms with Gasteiger partial charge in [0, 0.05) is 0 Å². The Labute approximate surface area is 78.9 Å². The van der Waals surface area contributed by atoms with E-state index in [1.165, 1.54) is 0 Å². The van der Waals surface area contributed by atoms with E-state index >= 15 is 0 Å². The van der Waals surface area contributed by atoms with Crippen molar-refractivity contribution < 1.29 is 18.9 Å². The zero-order valence-corrected chi connectivity index (χ0v) is 8.75. The van der Waals surface area contributed by atoms with Gasteiger partial charge in [-0.2, -0.15) is 0 Å². The average molecular weight is 198 g/mol. The molecule has 10 heavy (non-hydrogen) atoms. The first-order valence-corrected chi connectivity index (χ1v) is 5.45. The van der Waals surface area contributed by atoms with Gasteiger partial charge in [-0.15, -0.1) is 0 Å². The molecule has 0 fully saturated rings. The molecule has 7 heteroatoms. The third-order valence-electron chi connectivity index (χ3n) is 0. The largest absolute Gasteiger partial charge is 2.00 e. The van der Waals surface area contributed by atoms with Gasteiger partial charge in [-0.05, 0) is 29.4 Å². The van der Waals surface area contributed by atoms with E-state index in [1.807, 2.05) is 0 Å². The molecule has 2 unspecified atom stereocenters. The molecule has 60 valence electrons. The van der Waals surface area contributed by atoms with Gasteiger partial charge in [-0.3, -0.25) is 0 Å². The Balaban J connectivity index is -0.0000000300. The van der Waals surface area contributed by atoms with Crippen molar-refractivity contribution in [2.45, 2.75) is 7.43 Å². The number of hydrogen-bond acceptors (Lipinski definition) is 4. The molecule has 0 spiro atoms. The first-order chi connectivity index (χ1) is 3.46. The second-order valence-corrected chi connectivity index (χ2v) is 2.95. The van der Waals surface area contributed by atoms with E-state index in [2.05, 4.69) is 0 Å². The van der Waals surface area contributed by atoms with Gasteiger partial charge in [0.25, 0.3) is 0 Å². The third-order valence-corrected chi connectivity index (χ3v) is 0. The molecule has 0 saturated heterocycles. The fourth-order valence-electron chi connectivity index (χ4n) is 0. The molecule has 0 N–H and O–H groups in total. The van der Waals surface area contributed by atoms with Crippen molar-refractivity contribution in [3.63, 3.8) is 0 Å². The van der Waals surface area contributed by atoms with Gasteiger partial charge in [0.1, 0.15) is 0 Å². The summed E-state index contributed by atoms with van der Waals surface area (Å²) in [5.74, 6) is 0. The summed E-state index contributed by atoms with van der Waals surface area (Å²) in [6.07, 6.45) is 0. The smallest absolute Gasteiger partial charge is 0.802 e. The van der Waals surface area contributed by atoms with Crippen molar-refractivity contribution in [2.75, 3.05) is 13.3 Å². The first kappa shape index (κ1) is 22.5. The molecular formula is C3H12MgO4P2. The van der Waals surface area contributed by atoms with E-state index in [1.54, 1.807) is 0 Å². The van der Waals surface area contributed by atoms with Crippen LogP contribution in [0.3, 0.4) is 0 Å². The maximum Gasteiger partial charge on any atom is 2.00 e. The Morgan fingerprint density at radius 3 is 1.00 bits per heavy atom. The van der Waals surface area contributed by atoms with Crippen molar-refractivity contribution in [3.05, 3.63) is 0 Å². The Kier molecular flexibility index (Phi) is 37.3. The summed E-state index contributed by atoms with van der Waals surface area (Å²) < 4.78 is 18.1. The summed E-state index contributed by atoms with van der Waals surface area (Å²) in [6, 6.07) is 0. The standard InChI is InChI=1S/2CH5O2P.CH4.Mg/c2*1-4(2)3;;/h2*4H,1H3,(H,2,3);1H4;/q;;;+2/p-2. The zero-order valence-electron chi connectivity index (χ0n) is 5.34. The van der Waals surface area contributed by atoms with E-state index < -0.39 is 16.1 Å². The Morgan fingerprint density at radius 1 is 1.00 bits per heavy atom. The molecule has 0 aromatic heterocycles. The molecule has 4 nitrogen and oxygen atoms in total. The predicted molar refractivity (Wildman–Crippen MR) is 42.3 cm³/mol. The molecule has 0 heterocycles. The van der Waals surface area contributed by atoms with E-state index in [0.29, 0.717) is 0 Å². The molecule has 0 aromatic carbocycles. The summed E-state index contributed by atoms with van der Waals surface area (Å²) in [5, 5.41) is 0. The monoisotopic (exact) mass is 198 g/mol. The van der Waals surface area contributed by atoms with Crippen LogP contribution in [0, 0.1) is 0 Å². The normalized spacial score (nSPS) is 12.4. The fraction of sp³-hybridized carbons (Fsp3) is 1.00. The molecule has 0 amide bonds. The predicted octanol–water partition coefficient (Wildman–Crippen LogP) is -0.842. The summed E-state index contributed by atoms with van der Waals surface area (Å²) in [4.78, 5) is 18.1. The van der Waals surface area contributed by atoms with Gasteiger partial charge in [0.05, 0.1) is 0 Å². The first-order valence-electron chi connectivity index (χ1n) is 1.82. The Morgan fingerprint density at radius 2 is 1.00 bits per heavy atom. The van der Waals surface area contributed by atoms with Crippen LogP contribution < -0.4 is 9.79 Å². The van der Waals surface area contributed by atoms with Crippen LogP contribution in [-0.4, -0.2) is 36.4 Å². The van der Waals surface area contributed by atoms with E-state index in [4.69, 9.17) is 18.9 Å². The summed E-state index contributed by atoms with van der Waals surface area (Å²) in [6.45, 7) is 2.31. The molecule has 0 saturated carbocycles. The molecule has 0 aliphatic carbocycles. The molecule has 0 radical (unpaired) electrons. The van der Waals surface area contributed by atoms with Crippen LogP contribution in [0.1, 0.15) is 7.43 Å². The molecule has 0 aliphatic rings. The van der Waals surface area contributed by atoms with Crippen LogP contribution in [0.25, 0.3) is 0 Å². The molecule has 2 atom stereocenters. The minimum atomic E-state index is -2.38. The van der Waals surface area contributed by atoms with E-state index in [0.717, 1.165) is 13.3 Å². The van der Waals surface area contributed by atoms with Crippen LogP contribution in [-0.2, 0) is 9.13 Å². The summed E-state index contributed by atoms with van der Waals surface area (Å²) >= 11 is 0. The minimum absolute atomic E-state index is 0. The SMILES string of the molecule is C.C[PH](=O)[O-].C[PH](=O)[O-].[Mg+2]. The maximum absolute atomic E-state index is 9.07. The van der Waals surface area contributed by atoms with Gasteiger partial charge >= 0.3 is 23.1 Å². The van der Waals surface area contributed by atoms with Gasteiger partial charge < -0.3 is 18.9 Å². The van der Waals surface area contributed by atoms with Crippen LogP contribution >= 0.6 is 16.1 Å². The van der Waals surface area contributed by atoms with Crippen molar-refractivity contribution in [1.82, 2.24) is 0 Å². The second-order valence-electron chi connectivity index (χ2n) is 0.983. The van der Waals surface area contributed by atoms with Crippen LogP contribution in [0.2, 0.25) is 0 Å². The van der Waals surface area contributed by atoms with Gasteiger partial charge in [0.15, 0.2) is 0 Å². The van der Waals surface area contributed by atoms with Gasteiger partial charge in [-0.1, -0.05) is 7.43 Å². The van der Waals surface area contributed by atoms with E-state index in [-0.39, 0.29) is 30.5 Å². The summed E-state index contributed by atoms with van der Waals surface area (Å²) in [5.41, 5.74) is 0. The zero-order chi connectivity index (χ0) is 7.15. The topological polar surface area (TPSA) is 80.3 Å². The molecular weight excluding hydrogens is 186 g/mol. The molecule has 0 aliphatic heterocycles. The third kappa shape index (κ3) is 462. The second kappa shape index (κ2) is 16.6. The Hall–Kier alpha value is 1.15. The molecule has 0 rings (SSSR count). The fourth-order valence-corrected chi connectivity index (χ4v) is 0. The van der Waals surface area contributed by atoms with Crippen LogP contribution in [0.4, 0.5) is 0 Å². The average Bonchev–Trinajstić information content (AvgIpc) is 1.25. The van der Waals surface area contributed by atoms with Crippen LogP contribution in [0.15, 0.2) is 0 Å². The Bertz CT molecular complexity index is 76.5. The van der Waals surface area contributed by atoms with Gasteiger partial charge in [0.2, 0.25) is 0 Å². The van der Waals surface area contributed by atoms with Crippen molar-refractivity contribution in [1.29, 1.82) is 0 Å². The van der Waals surface area contributed by atoms with Crippen molar-refractivity contribution >= 4 is 39.1 Å². The minimum Gasteiger partial charge on any atom is -0.802 e. The van der Waals surface area contributed by atoms with Crippen LogP contribution in [0.5, 0.6) is 0 Å². The van der Waals surface area contributed by atoms with Crippen molar-refractivity contribution in [2.24, 2.45) is 0 Å². The van der Waals surface area contributed by atoms with E-state index in [9.17, 15) is 0 Å². The van der Waals surface area contributed by atoms with Gasteiger partial charge in [-0.25, -0.2) is 0 Å².